The van der Waals surface area contributed by atoms with E-state index in [0.29, 0.717) is 5.92 Å². The molecular formula is C9H16S. The van der Waals surface area contributed by atoms with E-state index in [4.69, 9.17) is 12.2 Å². The minimum absolute atomic E-state index is 0.712. The predicted molar refractivity (Wildman–Crippen MR) is 51.5 cm³/mol. The summed E-state index contributed by atoms with van der Waals surface area (Å²) in [4.78, 5) is 1.04. The molecule has 0 aromatic rings. The van der Waals surface area contributed by atoms with Crippen LogP contribution in [-0.4, -0.2) is 4.86 Å². The van der Waals surface area contributed by atoms with Gasteiger partial charge >= 0.3 is 0 Å². The van der Waals surface area contributed by atoms with Gasteiger partial charge in [0.05, 0.1) is 0 Å². The summed E-state index contributed by atoms with van der Waals surface area (Å²) in [5.74, 6) is 0.712. The van der Waals surface area contributed by atoms with Gasteiger partial charge < -0.3 is 0 Å². The number of hydrogen-bond acceptors (Lipinski definition) is 1. The molecule has 0 heterocycles. The fourth-order valence-corrected chi connectivity index (χ4v) is 0.920. The van der Waals surface area contributed by atoms with Gasteiger partial charge in [-0.2, -0.15) is 0 Å². The Hall–Kier alpha value is -0.170. The van der Waals surface area contributed by atoms with Gasteiger partial charge in [-0.3, -0.25) is 0 Å². The van der Waals surface area contributed by atoms with Gasteiger partial charge in [0.1, 0.15) is 0 Å². The van der Waals surface area contributed by atoms with E-state index in [1.165, 1.54) is 6.42 Å². The van der Waals surface area contributed by atoms with Crippen LogP contribution >= 0.6 is 12.2 Å². The highest BCUT2D eigenvalue weighted by molar-refractivity contribution is 7.80. The highest BCUT2D eigenvalue weighted by atomic mass is 32.1. The van der Waals surface area contributed by atoms with Gasteiger partial charge in [-0.05, 0) is 24.8 Å². The number of allylic oxidation sites excluding steroid dienone is 1. The van der Waals surface area contributed by atoms with E-state index in [2.05, 4.69) is 20.4 Å². The maximum atomic E-state index is 5.12. The fraction of sp³-hybridized carbons (Fsp3) is 0.667. The zero-order valence-corrected chi connectivity index (χ0v) is 7.92. The molecule has 1 heteroatoms. The Labute approximate surface area is 69.3 Å². The summed E-state index contributed by atoms with van der Waals surface area (Å²) in [6.45, 7) is 10.2. The van der Waals surface area contributed by atoms with Crippen LogP contribution in [0.5, 0.6) is 0 Å². The molecule has 0 aromatic heterocycles. The van der Waals surface area contributed by atoms with Gasteiger partial charge in [0.25, 0.3) is 0 Å². The zero-order chi connectivity index (χ0) is 8.15. The van der Waals surface area contributed by atoms with Crippen molar-refractivity contribution in [2.75, 3.05) is 0 Å². The summed E-state index contributed by atoms with van der Waals surface area (Å²) in [6, 6.07) is 0. The molecule has 0 amide bonds. The van der Waals surface area contributed by atoms with Gasteiger partial charge in [0.15, 0.2) is 0 Å². The van der Waals surface area contributed by atoms with Crippen LogP contribution in [0.4, 0.5) is 0 Å². The summed E-state index contributed by atoms with van der Waals surface area (Å²) >= 11 is 5.12. The summed E-state index contributed by atoms with van der Waals surface area (Å²) in [5.41, 5.74) is 1.05. The minimum Gasteiger partial charge on any atom is -0.0950 e. The number of rotatable bonds is 4. The van der Waals surface area contributed by atoms with Crippen molar-refractivity contribution < 1.29 is 0 Å². The van der Waals surface area contributed by atoms with Crippen LogP contribution in [0.1, 0.15) is 33.6 Å². The number of thiocarbonyl (C=S) groups is 1. The standard InChI is InChI=1S/C9H16S/c1-5-8(4)6-9(10)7(2)3/h8H,2,5-6H2,1,3-4H3. The van der Waals surface area contributed by atoms with Crippen molar-refractivity contribution in [3.8, 4) is 0 Å². The highest BCUT2D eigenvalue weighted by Gasteiger charge is 2.02. The average Bonchev–Trinajstić information content (AvgIpc) is 1.87. The van der Waals surface area contributed by atoms with Gasteiger partial charge in [-0.15, -0.1) is 0 Å². The van der Waals surface area contributed by atoms with E-state index in [-0.39, 0.29) is 0 Å². The molecular weight excluding hydrogens is 140 g/mol. The molecule has 0 fully saturated rings. The van der Waals surface area contributed by atoms with Crippen LogP contribution < -0.4 is 0 Å². The Morgan fingerprint density at radius 1 is 1.60 bits per heavy atom. The average molecular weight is 156 g/mol. The maximum Gasteiger partial charge on any atom is 0.0178 e. The molecule has 1 unspecified atom stereocenters. The molecule has 0 radical (unpaired) electrons. The molecule has 0 aliphatic carbocycles. The third kappa shape index (κ3) is 3.78. The summed E-state index contributed by atoms with van der Waals surface area (Å²) in [6.07, 6.45) is 2.23. The molecule has 0 saturated carbocycles. The Kier molecular flexibility index (Phi) is 4.54. The monoisotopic (exact) mass is 156 g/mol. The largest absolute Gasteiger partial charge is 0.0950 e. The fourth-order valence-electron chi connectivity index (χ4n) is 0.635. The normalized spacial score (nSPS) is 12.7. The summed E-state index contributed by atoms with van der Waals surface area (Å²) in [7, 11) is 0. The van der Waals surface area contributed by atoms with Gasteiger partial charge in [0, 0.05) is 4.86 Å². The van der Waals surface area contributed by atoms with Gasteiger partial charge in [-0.25, -0.2) is 0 Å². The van der Waals surface area contributed by atoms with Crippen LogP contribution in [-0.2, 0) is 0 Å². The van der Waals surface area contributed by atoms with E-state index in [1.807, 2.05) is 6.92 Å². The first-order valence-corrected chi connectivity index (χ1v) is 4.17. The van der Waals surface area contributed by atoms with Crippen molar-refractivity contribution in [2.45, 2.75) is 33.6 Å². The second-order valence-corrected chi connectivity index (χ2v) is 3.41. The molecule has 0 aliphatic heterocycles. The highest BCUT2D eigenvalue weighted by Crippen LogP contribution is 2.11. The molecule has 0 spiro atoms. The Morgan fingerprint density at radius 3 is 2.40 bits per heavy atom. The molecule has 1 atom stereocenters. The lowest BCUT2D eigenvalue weighted by atomic mass is 10.0. The first-order chi connectivity index (χ1) is 4.57. The molecule has 0 N–H and O–H groups in total. The lowest BCUT2D eigenvalue weighted by Crippen LogP contribution is -2.02. The van der Waals surface area contributed by atoms with Crippen molar-refractivity contribution in [3.05, 3.63) is 12.2 Å². The Balaban J connectivity index is 3.68. The molecule has 0 aromatic carbocycles. The van der Waals surface area contributed by atoms with Crippen LogP contribution in [0.2, 0.25) is 0 Å². The first kappa shape index (κ1) is 9.83. The topological polar surface area (TPSA) is 0 Å². The number of hydrogen-bond donors (Lipinski definition) is 0. The smallest absolute Gasteiger partial charge is 0.0178 e. The van der Waals surface area contributed by atoms with Crippen molar-refractivity contribution in [1.82, 2.24) is 0 Å². The Morgan fingerprint density at radius 2 is 2.10 bits per heavy atom. The molecule has 0 rings (SSSR count). The van der Waals surface area contributed by atoms with Crippen LogP contribution in [0.3, 0.4) is 0 Å². The first-order valence-electron chi connectivity index (χ1n) is 3.76. The molecule has 0 saturated heterocycles. The quantitative estimate of drug-likeness (QED) is 0.444. The summed E-state index contributed by atoms with van der Waals surface area (Å²) in [5, 5.41) is 0. The second-order valence-electron chi connectivity index (χ2n) is 2.92. The van der Waals surface area contributed by atoms with Crippen molar-refractivity contribution in [1.29, 1.82) is 0 Å². The van der Waals surface area contributed by atoms with Gasteiger partial charge in [-0.1, -0.05) is 39.1 Å². The Bertz CT molecular complexity index is 136. The zero-order valence-electron chi connectivity index (χ0n) is 7.11. The van der Waals surface area contributed by atoms with Crippen molar-refractivity contribution in [3.63, 3.8) is 0 Å². The van der Waals surface area contributed by atoms with Gasteiger partial charge in [0.2, 0.25) is 0 Å². The molecule has 0 nitrogen and oxygen atoms in total. The second kappa shape index (κ2) is 4.62. The van der Waals surface area contributed by atoms with E-state index >= 15 is 0 Å². The van der Waals surface area contributed by atoms with Crippen LogP contribution in [0.15, 0.2) is 12.2 Å². The van der Waals surface area contributed by atoms with Crippen LogP contribution in [0.25, 0.3) is 0 Å². The van der Waals surface area contributed by atoms with Crippen molar-refractivity contribution >= 4 is 17.1 Å². The summed E-state index contributed by atoms with van der Waals surface area (Å²) < 4.78 is 0. The minimum atomic E-state index is 0.712. The van der Waals surface area contributed by atoms with E-state index in [9.17, 15) is 0 Å². The third-order valence-corrected chi connectivity index (χ3v) is 2.22. The molecule has 0 bridgehead atoms. The lowest BCUT2D eigenvalue weighted by molar-refractivity contribution is 0.590. The predicted octanol–water partition coefficient (Wildman–Crippen LogP) is 3.37. The van der Waals surface area contributed by atoms with Crippen molar-refractivity contribution in [2.24, 2.45) is 5.92 Å². The van der Waals surface area contributed by atoms with E-state index in [0.717, 1.165) is 16.9 Å². The maximum absolute atomic E-state index is 5.12. The lowest BCUT2D eigenvalue weighted by Gasteiger charge is -2.08. The molecule has 0 aliphatic rings. The molecule has 58 valence electrons. The van der Waals surface area contributed by atoms with E-state index < -0.39 is 0 Å². The SMILES string of the molecule is C=C(C)C(=S)CC(C)CC. The van der Waals surface area contributed by atoms with E-state index in [1.54, 1.807) is 0 Å². The van der Waals surface area contributed by atoms with Crippen LogP contribution in [0, 0.1) is 5.92 Å². The molecule has 10 heavy (non-hydrogen) atoms. The third-order valence-electron chi connectivity index (χ3n) is 1.71.